The number of carbonyl (C=O) groups is 1. The fourth-order valence-electron chi connectivity index (χ4n) is 5.74. The molecule has 1 atom stereocenters. The fraction of sp³-hybridized carbons (Fsp3) is 0.750. The summed E-state index contributed by atoms with van der Waals surface area (Å²) < 4.78 is 1.73. The Morgan fingerprint density at radius 3 is 2.25 bits per heavy atom. The summed E-state index contributed by atoms with van der Waals surface area (Å²) in [4.78, 5) is 12.0. The van der Waals surface area contributed by atoms with Crippen LogP contribution in [0, 0.1) is 30.1 Å². The van der Waals surface area contributed by atoms with Crippen LogP contribution in [0.4, 0.5) is 0 Å². The molecule has 4 aliphatic rings. The van der Waals surface area contributed by atoms with Crippen molar-refractivity contribution in [2.24, 2.45) is 23.2 Å². The van der Waals surface area contributed by atoms with E-state index in [0.29, 0.717) is 0 Å². The second kappa shape index (κ2) is 4.09. The van der Waals surface area contributed by atoms with E-state index in [1.807, 2.05) is 13.1 Å². The van der Waals surface area contributed by atoms with Crippen LogP contribution in [-0.2, 0) is 4.79 Å². The van der Waals surface area contributed by atoms with Gasteiger partial charge in [0.15, 0.2) is 6.04 Å². The van der Waals surface area contributed by atoms with Gasteiger partial charge >= 0.3 is 5.97 Å². The first-order valence-electron chi connectivity index (χ1n) is 7.79. The highest BCUT2D eigenvalue weighted by atomic mass is 16.4. The van der Waals surface area contributed by atoms with Crippen LogP contribution in [0.25, 0.3) is 0 Å². The number of aromatic nitrogens is 2. The number of nitrogens with zero attached hydrogens (tertiary/aromatic N) is 2. The SMILES string of the molecule is Cc1cnn(C(C(=O)O)C23CC4CC(CC(C4)C2)C3)c1. The van der Waals surface area contributed by atoms with Crippen molar-refractivity contribution in [3.8, 4) is 0 Å². The number of aliphatic carboxylic acids is 1. The molecule has 0 amide bonds. The van der Waals surface area contributed by atoms with Crippen LogP contribution in [0.1, 0.15) is 50.1 Å². The molecule has 1 heterocycles. The summed E-state index contributed by atoms with van der Waals surface area (Å²) in [5.41, 5.74) is 1.000. The minimum absolute atomic E-state index is 0.0426. The third kappa shape index (κ3) is 1.73. The largest absolute Gasteiger partial charge is 0.480 e. The Labute approximate surface area is 119 Å². The van der Waals surface area contributed by atoms with Crippen molar-refractivity contribution in [2.45, 2.75) is 51.5 Å². The van der Waals surface area contributed by atoms with Gasteiger partial charge in [-0.05, 0) is 68.8 Å². The van der Waals surface area contributed by atoms with Gasteiger partial charge in [-0.3, -0.25) is 4.68 Å². The molecule has 4 heteroatoms. The van der Waals surface area contributed by atoms with Crippen LogP contribution in [0.2, 0.25) is 0 Å². The number of aryl methyl sites for hydroxylation is 1. The van der Waals surface area contributed by atoms with E-state index < -0.39 is 12.0 Å². The van der Waals surface area contributed by atoms with Crippen LogP contribution >= 0.6 is 0 Å². The van der Waals surface area contributed by atoms with Crippen LogP contribution in [0.3, 0.4) is 0 Å². The minimum Gasteiger partial charge on any atom is -0.480 e. The van der Waals surface area contributed by atoms with Gasteiger partial charge in [0.1, 0.15) is 0 Å². The number of carboxylic acid groups (broad SMARTS) is 1. The molecular weight excluding hydrogens is 252 g/mol. The Morgan fingerprint density at radius 1 is 1.30 bits per heavy atom. The molecule has 4 bridgehead atoms. The quantitative estimate of drug-likeness (QED) is 0.921. The summed E-state index contributed by atoms with van der Waals surface area (Å²) in [6.45, 7) is 1.97. The standard InChI is InChI=1S/C16H22N2O2/c1-10-8-17-18(9-10)14(15(19)20)16-5-11-2-12(6-16)4-13(3-11)7-16/h8-9,11-14H,2-7H2,1H3,(H,19,20). The summed E-state index contributed by atoms with van der Waals surface area (Å²) in [6, 6.07) is -0.468. The van der Waals surface area contributed by atoms with Crippen molar-refractivity contribution in [3.05, 3.63) is 18.0 Å². The zero-order chi connectivity index (χ0) is 13.9. The molecule has 0 aliphatic heterocycles. The van der Waals surface area contributed by atoms with Gasteiger partial charge in [0.2, 0.25) is 0 Å². The Bertz CT molecular complexity index is 513. The third-order valence-electron chi connectivity index (χ3n) is 5.89. The van der Waals surface area contributed by atoms with E-state index in [1.54, 1.807) is 10.9 Å². The monoisotopic (exact) mass is 274 g/mol. The lowest BCUT2D eigenvalue weighted by Crippen LogP contribution is -2.52. The molecule has 0 saturated heterocycles. The average molecular weight is 274 g/mol. The second-order valence-electron chi connectivity index (χ2n) is 7.52. The van der Waals surface area contributed by atoms with Gasteiger partial charge in [-0.1, -0.05) is 0 Å². The molecule has 0 spiro atoms. The Morgan fingerprint density at radius 2 is 1.85 bits per heavy atom. The second-order valence-corrected chi connectivity index (χ2v) is 7.52. The number of hydrogen-bond acceptors (Lipinski definition) is 2. The molecule has 0 radical (unpaired) electrons. The lowest BCUT2D eigenvalue weighted by atomic mass is 9.47. The van der Waals surface area contributed by atoms with Gasteiger partial charge < -0.3 is 5.11 Å². The van der Waals surface area contributed by atoms with E-state index in [1.165, 1.54) is 19.3 Å². The molecule has 4 nitrogen and oxygen atoms in total. The molecular formula is C16H22N2O2. The highest BCUT2D eigenvalue weighted by molar-refractivity contribution is 5.73. The normalized spacial score (nSPS) is 40.0. The predicted octanol–water partition coefficient (Wildman–Crippen LogP) is 3.03. The van der Waals surface area contributed by atoms with E-state index in [-0.39, 0.29) is 5.41 Å². The first kappa shape index (κ1) is 12.4. The summed E-state index contributed by atoms with van der Waals surface area (Å²) in [5.74, 6) is 1.59. The summed E-state index contributed by atoms with van der Waals surface area (Å²) in [6.07, 6.45) is 11.0. The number of hydrogen-bond donors (Lipinski definition) is 1. The third-order valence-corrected chi connectivity index (χ3v) is 5.89. The maximum atomic E-state index is 12.0. The van der Waals surface area contributed by atoms with Crippen LogP contribution in [0.5, 0.6) is 0 Å². The van der Waals surface area contributed by atoms with Gasteiger partial charge in [-0.2, -0.15) is 5.10 Å². The van der Waals surface area contributed by atoms with E-state index >= 15 is 0 Å². The first-order chi connectivity index (χ1) is 9.56. The Balaban J connectivity index is 1.74. The van der Waals surface area contributed by atoms with Crippen molar-refractivity contribution in [3.63, 3.8) is 0 Å². The molecule has 20 heavy (non-hydrogen) atoms. The van der Waals surface area contributed by atoms with E-state index in [9.17, 15) is 9.90 Å². The van der Waals surface area contributed by atoms with Crippen LogP contribution < -0.4 is 0 Å². The van der Waals surface area contributed by atoms with E-state index in [2.05, 4.69) is 5.10 Å². The van der Waals surface area contributed by atoms with Crippen LogP contribution in [0.15, 0.2) is 12.4 Å². The maximum Gasteiger partial charge on any atom is 0.329 e. The molecule has 1 N–H and O–H groups in total. The Hall–Kier alpha value is -1.32. The minimum atomic E-state index is -0.699. The van der Waals surface area contributed by atoms with Crippen molar-refractivity contribution >= 4 is 5.97 Å². The van der Waals surface area contributed by atoms with Gasteiger partial charge in [0.25, 0.3) is 0 Å². The molecule has 108 valence electrons. The molecule has 1 aromatic heterocycles. The van der Waals surface area contributed by atoms with E-state index in [4.69, 9.17) is 0 Å². The molecule has 4 aliphatic carbocycles. The summed E-state index contributed by atoms with van der Waals surface area (Å²) in [5, 5.41) is 14.2. The molecule has 4 fully saturated rings. The molecule has 5 rings (SSSR count). The highest BCUT2D eigenvalue weighted by Crippen LogP contribution is 2.63. The zero-order valence-electron chi connectivity index (χ0n) is 12.0. The van der Waals surface area contributed by atoms with Gasteiger partial charge in [0, 0.05) is 11.6 Å². The first-order valence-corrected chi connectivity index (χ1v) is 7.79. The van der Waals surface area contributed by atoms with Crippen molar-refractivity contribution in [2.75, 3.05) is 0 Å². The van der Waals surface area contributed by atoms with Gasteiger partial charge in [-0.25, -0.2) is 4.79 Å². The van der Waals surface area contributed by atoms with E-state index in [0.717, 1.165) is 42.6 Å². The van der Waals surface area contributed by atoms with Crippen molar-refractivity contribution in [1.29, 1.82) is 0 Å². The van der Waals surface area contributed by atoms with Gasteiger partial charge in [-0.15, -0.1) is 0 Å². The predicted molar refractivity (Wildman–Crippen MR) is 74.2 cm³/mol. The molecule has 0 aromatic carbocycles. The lowest BCUT2D eigenvalue weighted by molar-refractivity contribution is -0.156. The molecule has 1 aromatic rings. The Kier molecular flexibility index (Phi) is 2.54. The molecule has 4 saturated carbocycles. The fourth-order valence-corrected chi connectivity index (χ4v) is 5.74. The van der Waals surface area contributed by atoms with Gasteiger partial charge in [0.05, 0.1) is 6.20 Å². The molecule has 1 unspecified atom stereocenters. The summed E-state index contributed by atoms with van der Waals surface area (Å²) >= 11 is 0. The van der Waals surface area contributed by atoms with Crippen LogP contribution in [-0.4, -0.2) is 20.9 Å². The zero-order valence-corrected chi connectivity index (χ0v) is 12.0. The lowest BCUT2D eigenvalue weighted by Gasteiger charge is -2.58. The average Bonchev–Trinajstić information content (AvgIpc) is 2.72. The maximum absolute atomic E-state index is 12.0. The number of rotatable bonds is 3. The van der Waals surface area contributed by atoms with Crippen molar-refractivity contribution in [1.82, 2.24) is 9.78 Å². The highest BCUT2D eigenvalue weighted by Gasteiger charge is 2.57. The summed E-state index contributed by atoms with van der Waals surface area (Å²) in [7, 11) is 0. The smallest absolute Gasteiger partial charge is 0.329 e. The topological polar surface area (TPSA) is 55.1 Å². The van der Waals surface area contributed by atoms with Crippen molar-refractivity contribution < 1.29 is 9.90 Å². The number of carboxylic acids is 1.